The molecule has 16 heavy (non-hydrogen) atoms. The summed E-state index contributed by atoms with van der Waals surface area (Å²) >= 11 is 3.28. The first-order valence-electron chi connectivity index (χ1n) is 4.26. The van der Waals surface area contributed by atoms with Crippen molar-refractivity contribution in [3.8, 4) is 17.8 Å². The molecule has 0 amide bonds. The second-order valence-corrected chi connectivity index (χ2v) is 3.81. The molecule has 1 aromatic heterocycles. The van der Waals surface area contributed by atoms with Crippen molar-refractivity contribution in [1.29, 1.82) is 10.5 Å². The third-order valence-corrected chi connectivity index (χ3v) is 2.41. The van der Waals surface area contributed by atoms with E-state index >= 15 is 0 Å². The SMILES string of the molecule is N#Cc1ncn(-c2ccc(Br)cc2C#N)n1. The fraction of sp³-hybridized carbons (Fsp3) is 0. The van der Waals surface area contributed by atoms with Gasteiger partial charge in [0.05, 0.1) is 11.3 Å². The smallest absolute Gasteiger partial charge is 0.218 e. The summed E-state index contributed by atoms with van der Waals surface area (Å²) in [6.45, 7) is 0. The number of aromatic nitrogens is 3. The zero-order valence-corrected chi connectivity index (χ0v) is 9.51. The first kappa shape index (κ1) is 10.3. The van der Waals surface area contributed by atoms with Crippen LogP contribution in [0.5, 0.6) is 0 Å². The summed E-state index contributed by atoms with van der Waals surface area (Å²) < 4.78 is 2.22. The molecule has 0 bridgehead atoms. The standard InChI is InChI=1S/C10H4BrN5/c11-8-1-2-9(7(3-8)4-12)16-6-14-10(5-13)15-16/h1-3,6H. The zero-order chi connectivity index (χ0) is 11.5. The molecule has 5 nitrogen and oxygen atoms in total. The van der Waals surface area contributed by atoms with E-state index in [-0.39, 0.29) is 5.82 Å². The molecule has 0 aliphatic heterocycles. The van der Waals surface area contributed by atoms with Crippen molar-refractivity contribution in [3.05, 3.63) is 40.4 Å². The summed E-state index contributed by atoms with van der Waals surface area (Å²) in [6, 6.07) is 9.11. The van der Waals surface area contributed by atoms with Crippen LogP contribution in [0.15, 0.2) is 29.0 Å². The lowest BCUT2D eigenvalue weighted by Crippen LogP contribution is -1.98. The Bertz CT molecular complexity index is 617. The summed E-state index contributed by atoms with van der Waals surface area (Å²) in [7, 11) is 0. The molecule has 2 rings (SSSR count). The highest BCUT2D eigenvalue weighted by atomic mass is 79.9. The lowest BCUT2D eigenvalue weighted by atomic mass is 10.2. The second kappa shape index (κ2) is 4.13. The predicted molar refractivity (Wildman–Crippen MR) is 58.5 cm³/mol. The number of benzene rings is 1. The summed E-state index contributed by atoms with van der Waals surface area (Å²) in [5, 5.41) is 21.5. The maximum Gasteiger partial charge on any atom is 0.252 e. The molecule has 1 heterocycles. The number of nitriles is 2. The van der Waals surface area contributed by atoms with Crippen molar-refractivity contribution >= 4 is 15.9 Å². The van der Waals surface area contributed by atoms with Crippen molar-refractivity contribution in [2.45, 2.75) is 0 Å². The molecule has 1 aromatic carbocycles. The Labute approximate surface area is 99.7 Å². The van der Waals surface area contributed by atoms with Crippen LogP contribution in [0.2, 0.25) is 0 Å². The van der Waals surface area contributed by atoms with Crippen LogP contribution in [-0.2, 0) is 0 Å². The van der Waals surface area contributed by atoms with Crippen LogP contribution in [0.3, 0.4) is 0 Å². The van der Waals surface area contributed by atoms with E-state index in [1.165, 1.54) is 11.0 Å². The minimum atomic E-state index is 0.0757. The normalized spacial score (nSPS) is 9.44. The quantitative estimate of drug-likeness (QED) is 0.793. The number of hydrogen-bond acceptors (Lipinski definition) is 4. The highest BCUT2D eigenvalue weighted by Crippen LogP contribution is 2.18. The van der Waals surface area contributed by atoms with E-state index in [0.717, 1.165) is 4.47 Å². The molecule has 0 fully saturated rings. The molecule has 0 N–H and O–H groups in total. The van der Waals surface area contributed by atoms with E-state index in [2.05, 4.69) is 32.1 Å². The van der Waals surface area contributed by atoms with E-state index < -0.39 is 0 Å². The molecule has 6 heteroatoms. The van der Waals surface area contributed by atoms with Gasteiger partial charge in [0.2, 0.25) is 0 Å². The average Bonchev–Trinajstić information content (AvgIpc) is 2.77. The van der Waals surface area contributed by atoms with Gasteiger partial charge < -0.3 is 0 Å². The molecule has 0 saturated heterocycles. The minimum Gasteiger partial charge on any atom is -0.218 e. The number of hydrogen-bond donors (Lipinski definition) is 0. The van der Waals surface area contributed by atoms with Crippen molar-refractivity contribution < 1.29 is 0 Å². The maximum atomic E-state index is 8.97. The van der Waals surface area contributed by atoms with E-state index in [1.54, 1.807) is 18.2 Å². The molecule has 0 spiro atoms. The Morgan fingerprint density at radius 3 is 2.69 bits per heavy atom. The van der Waals surface area contributed by atoms with Gasteiger partial charge in [-0.15, -0.1) is 5.10 Å². The third-order valence-electron chi connectivity index (χ3n) is 1.92. The van der Waals surface area contributed by atoms with E-state index in [1.807, 2.05) is 6.07 Å². The number of nitrogens with zero attached hydrogens (tertiary/aromatic N) is 5. The molecule has 0 radical (unpaired) electrons. The van der Waals surface area contributed by atoms with Crippen molar-refractivity contribution in [1.82, 2.24) is 14.8 Å². The van der Waals surface area contributed by atoms with Crippen LogP contribution in [0.25, 0.3) is 5.69 Å². The van der Waals surface area contributed by atoms with Crippen LogP contribution in [0.1, 0.15) is 11.4 Å². The van der Waals surface area contributed by atoms with Crippen molar-refractivity contribution in [2.24, 2.45) is 0 Å². The van der Waals surface area contributed by atoms with Gasteiger partial charge in [-0.05, 0) is 18.2 Å². The summed E-state index contributed by atoms with van der Waals surface area (Å²) in [5.41, 5.74) is 1.06. The molecule has 0 atom stereocenters. The van der Waals surface area contributed by atoms with Crippen molar-refractivity contribution in [2.75, 3.05) is 0 Å². The van der Waals surface area contributed by atoms with E-state index in [9.17, 15) is 0 Å². The predicted octanol–water partition coefficient (Wildman–Crippen LogP) is 1.77. The minimum absolute atomic E-state index is 0.0757. The zero-order valence-electron chi connectivity index (χ0n) is 7.92. The van der Waals surface area contributed by atoms with Crippen LogP contribution in [-0.4, -0.2) is 14.8 Å². The Morgan fingerprint density at radius 1 is 1.25 bits per heavy atom. The molecular formula is C10H4BrN5. The van der Waals surface area contributed by atoms with Gasteiger partial charge in [0, 0.05) is 4.47 Å². The molecule has 0 unspecified atom stereocenters. The Morgan fingerprint density at radius 2 is 2.06 bits per heavy atom. The largest absolute Gasteiger partial charge is 0.252 e. The Hall–Kier alpha value is -2.18. The highest BCUT2D eigenvalue weighted by molar-refractivity contribution is 9.10. The molecule has 0 aliphatic carbocycles. The van der Waals surface area contributed by atoms with Gasteiger partial charge in [-0.1, -0.05) is 15.9 Å². The van der Waals surface area contributed by atoms with Gasteiger partial charge in [0.1, 0.15) is 18.5 Å². The van der Waals surface area contributed by atoms with Gasteiger partial charge in [-0.2, -0.15) is 10.5 Å². The van der Waals surface area contributed by atoms with Gasteiger partial charge in [0.15, 0.2) is 0 Å². The van der Waals surface area contributed by atoms with Crippen molar-refractivity contribution in [3.63, 3.8) is 0 Å². The van der Waals surface area contributed by atoms with Gasteiger partial charge in [-0.3, -0.25) is 0 Å². The first-order valence-corrected chi connectivity index (χ1v) is 5.05. The average molecular weight is 274 g/mol. The van der Waals surface area contributed by atoms with Gasteiger partial charge in [0.25, 0.3) is 5.82 Å². The molecule has 76 valence electrons. The Kier molecular flexibility index (Phi) is 2.67. The Balaban J connectivity index is 2.57. The topological polar surface area (TPSA) is 78.3 Å². The fourth-order valence-electron chi connectivity index (χ4n) is 1.23. The van der Waals surface area contributed by atoms with Crippen LogP contribution >= 0.6 is 15.9 Å². The summed E-state index contributed by atoms with van der Waals surface area (Å²) in [4.78, 5) is 3.78. The van der Waals surface area contributed by atoms with Gasteiger partial charge in [-0.25, -0.2) is 9.67 Å². The van der Waals surface area contributed by atoms with E-state index in [4.69, 9.17) is 10.5 Å². The third kappa shape index (κ3) is 1.79. The first-order chi connectivity index (χ1) is 7.74. The lowest BCUT2D eigenvalue weighted by molar-refractivity contribution is 0.869. The molecule has 0 saturated carbocycles. The fourth-order valence-corrected chi connectivity index (χ4v) is 1.59. The molecule has 2 aromatic rings. The number of rotatable bonds is 1. The van der Waals surface area contributed by atoms with Crippen LogP contribution in [0, 0.1) is 22.7 Å². The second-order valence-electron chi connectivity index (χ2n) is 2.90. The molecule has 0 aliphatic rings. The van der Waals surface area contributed by atoms with Crippen LogP contribution < -0.4 is 0 Å². The van der Waals surface area contributed by atoms with Crippen LogP contribution in [0.4, 0.5) is 0 Å². The highest BCUT2D eigenvalue weighted by Gasteiger charge is 2.07. The maximum absolute atomic E-state index is 8.97. The van der Waals surface area contributed by atoms with Gasteiger partial charge >= 0.3 is 0 Å². The summed E-state index contributed by atoms with van der Waals surface area (Å²) in [6.07, 6.45) is 1.41. The summed E-state index contributed by atoms with van der Waals surface area (Å²) in [5.74, 6) is 0.0757. The lowest BCUT2D eigenvalue weighted by Gasteiger charge is -2.02. The molecular weight excluding hydrogens is 270 g/mol. The van der Waals surface area contributed by atoms with E-state index in [0.29, 0.717) is 11.3 Å². The number of halogens is 1. The monoisotopic (exact) mass is 273 g/mol.